The number of rotatable bonds is 8. The Balaban J connectivity index is 2.35. The molecular weight excluding hydrogens is 313 g/mol. The van der Waals surface area contributed by atoms with Crippen molar-refractivity contribution >= 4 is 29.2 Å². The van der Waals surface area contributed by atoms with Crippen LogP contribution in [0, 0.1) is 0 Å². The number of halogens is 2. The van der Waals surface area contributed by atoms with Crippen LogP contribution >= 0.6 is 23.2 Å². The van der Waals surface area contributed by atoms with Crippen LogP contribution in [-0.2, 0) is 0 Å². The van der Waals surface area contributed by atoms with Gasteiger partial charge in [-0.1, -0.05) is 42.6 Å². The Morgan fingerprint density at radius 2 is 2.24 bits per heavy atom. The molecule has 1 atom stereocenters. The molecule has 0 aromatic heterocycles. The van der Waals surface area contributed by atoms with Crippen LogP contribution in [0.15, 0.2) is 23.2 Å². The van der Waals surface area contributed by atoms with Crippen LogP contribution in [-0.4, -0.2) is 36.9 Å². The monoisotopic (exact) mass is 333 g/mol. The van der Waals surface area contributed by atoms with Gasteiger partial charge in [-0.15, -0.1) is 0 Å². The first-order valence-electron chi connectivity index (χ1n) is 6.83. The summed E-state index contributed by atoms with van der Waals surface area (Å²) in [5.74, 6) is 0.754. The summed E-state index contributed by atoms with van der Waals surface area (Å²) in [6.45, 7) is 3.09. The van der Waals surface area contributed by atoms with Gasteiger partial charge in [-0.25, -0.2) is 0 Å². The average Bonchev–Trinajstić information content (AvgIpc) is 2.47. The molecule has 0 amide bonds. The number of hydrogen-bond acceptors (Lipinski definition) is 3. The largest absolute Gasteiger partial charge is 0.489 e. The standard InChI is InChI=1S/C14H21Cl2N3O2/c1-2-3-7-18-14(17)19-8-10(20)9-21-12-6-4-5-11(15)13(12)16/h4-6,10,20H,2-3,7-9H2,1H3,(H3,17,18,19). The van der Waals surface area contributed by atoms with Crippen LogP contribution in [0.1, 0.15) is 19.8 Å². The maximum Gasteiger partial charge on any atom is 0.188 e. The van der Waals surface area contributed by atoms with Crippen molar-refractivity contribution in [3.63, 3.8) is 0 Å². The zero-order chi connectivity index (χ0) is 15.7. The Bertz CT molecular complexity index is 470. The van der Waals surface area contributed by atoms with Crippen LogP contribution in [0.3, 0.4) is 0 Å². The van der Waals surface area contributed by atoms with Gasteiger partial charge in [0, 0.05) is 6.54 Å². The van der Waals surface area contributed by atoms with Crippen molar-refractivity contribution in [1.29, 1.82) is 0 Å². The normalized spacial score (nSPS) is 13.0. The number of benzene rings is 1. The zero-order valence-electron chi connectivity index (χ0n) is 12.0. The number of nitrogens with zero attached hydrogens (tertiary/aromatic N) is 1. The molecule has 4 N–H and O–H groups in total. The third kappa shape index (κ3) is 6.89. The van der Waals surface area contributed by atoms with Crippen LogP contribution in [0.25, 0.3) is 0 Å². The highest BCUT2D eigenvalue weighted by atomic mass is 35.5. The van der Waals surface area contributed by atoms with Crippen molar-refractivity contribution in [2.45, 2.75) is 25.9 Å². The van der Waals surface area contributed by atoms with Gasteiger partial charge in [0.1, 0.15) is 23.5 Å². The highest BCUT2D eigenvalue weighted by molar-refractivity contribution is 6.42. The number of aliphatic imine (C=N–C) groups is 1. The van der Waals surface area contributed by atoms with Gasteiger partial charge in [-0.05, 0) is 18.6 Å². The highest BCUT2D eigenvalue weighted by Gasteiger charge is 2.09. The lowest BCUT2D eigenvalue weighted by Crippen LogP contribution is -2.34. The predicted octanol–water partition coefficient (Wildman–Crippen LogP) is 2.44. The summed E-state index contributed by atoms with van der Waals surface area (Å²) in [7, 11) is 0. The van der Waals surface area contributed by atoms with E-state index < -0.39 is 6.10 Å². The lowest BCUT2D eigenvalue weighted by molar-refractivity contribution is 0.114. The number of hydrogen-bond donors (Lipinski definition) is 3. The summed E-state index contributed by atoms with van der Waals surface area (Å²) >= 11 is 11.9. The summed E-state index contributed by atoms with van der Waals surface area (Å²) in [6, 6.07) is 5.08. The molecule has 0 heterocycles. The molecule has 0 saturated heterocycles. The molecular formula is C14H21Cl2N3O2. The third-order valence-corrected chi connectivity index (χ3v) is 3.46. The predicted molar refractivity (Wildman–Crippen MR) is 87.4 cm³/mol. The fourth-order valence-corrected chi connectivity index (χ4v) is 1.83. The summed E-state index contributed by atoms with van der Waals surface area (Å²) < 4.78 is 5.41. The molecule has 0 aliphatic heterocycles. The van der Waals surface area contributed by atoms with Gasteiger partial charge in [-0.3, -0.25) is 4.99 Å². The zero-order valence-corrected chi connectivity index (χ0v) is 13.5. The van der Waals surface area contributed by atoms with Gasteiger partial charge in [0.05, 0.1) is 11.6 Å². The Morgan fingerprint density at radius 1 is 1.48 bits per heavy atom. The topological polar surface area (TPSA) is 79.9 Å². The summed E-state index contributed by atoms with van der Waals surface area (Å²) in [5.41, 5.74) is 5.66. The minimum atomic E-state index is -0.772. The van der Waals surface area contributed by atoms with Crippen molar-refractivity contribution in [3.8, 4) is 5.75 Å². The number of ether oxygens (including phenoxy) is 1. The second kappa shape index (κ2) is 9.71. The van der Waals surface area contributed by atoms with Crippen LogP contribution in [0.2, 0.25) is 10.0 Å². The van der Waals surface area contributed by atoms with Crippen molar-refractivity contribution in [1.82, 2.24) is 5.32 Å². The Hall–Kier alpha value is -1.17. The molecule has 21 heavy (non-hydrogen) atoms. The van der Waals surface area contributed by atoms with Crippen molar-refractivity contribution in [3.05, 3.63) is 28.2 Å². The van der Waals surface area contributed by atoms with E-state index in [2.05, 4.69) is 17.2 Å². The molecule has 0 bridgehead atoms. The lowest BCUT2D eigenvalue weighted by Gasteiger charge is -2.12. The van der Waals surface area contributed by atoms with Gasteiger partial charge < -0.3 is 20.9 Å². The van der Waals surface area contributed by atoms with Crippen LogP contribution in [0.5, 0.6) is 5.75 Å². The van der Waals surface area contributed by atoms with Crippen molar-refractivity contribution in [2.75, 3.05) is 19.7 Å². The molecule has 0 fully saturated rings. The van der Waals surface area contributed by atoms with Gasteiger partial charge in [0.25, 0.3) is 0 Å². The highest BCUT2D eigenvalue weighted by Crippen LogP contribution is 2.31. The van der Waals surface area contributed by atoms with Gasteiger partial charge in [-0.2, -0.15) is 0 Å². The van der Waals surface area contributed by atoms with E-state index >= 15 is 0 Å². The molecule has 0 aliphatic carbocycles. The Kier molecular flexibility index (Phi) is 8.27. The number of guanidine groups is 1. The lowest BCUT2D eigenvalue weighted by atomic mass is 10.3. The molecule has 0 spiro atoms. The second-order valence-electron chi connectivity index (χ2n) is 4.52. The first kappa shape index (κ1) is 17.9. The van der Waals surface area contributed by atoms with E-state index in [-0.39, 0.29) is 13.2 Å². The maximum atomic E-state index is 9.80. The van der Waals surface area contributed by atoms with E-state index in [9.17, 15) is 5.11 Å². The Labute approximate surface area is 135 Å². The van der Waals surface area contributed by atoms with Crippen LogP contribution < -0.4 is 15.8 Å². The first-order valence-corrected chi connectivity index (χ1v) is 7.58. The molecule has 0 aliphatic rings. The van der Waals surface area contributed by atoms with E-state index in [1.165, 1.54) is 0 Å². The minimum absolute atomic E-state index is 0.0613. The fraction of sp³-hybridized carbons (Fsp3) is 0.500. The molecule has 0 radical (unpaired) electrons. The molecule has 1 aromatic carbocycles. The molecule has 1 rings (SSSR count). The second-order valence-corrected chi connectivity index (χ2v) is 5.31. The van der Waals surface area contributed by atoms with E-state index in [1.807, 2.05) is 0 Å². The maximum absolute atomic E-state index is 9.80. The summed E-state index contributed by atoms with van der Waals surface area (Å²) in [6.07, 6.45) is 1.33. The SMILES string of the molecule is CCCCNC(N)=NCC(O)COc1cccc(Cl)c1Cl. The van der Waals surface area contributed by atoms with E-state index in [4.69, 9.17) is 33.7 Å². The Morgan fingerprint density at radius 3 is 2.95 bits per heavy atom. The molecule has 1 aromatic rings. The van der Waals surface area contributed by atoms with Crippen LogP contribution in [0.4, 0.5) is 0 Å². The number of aliphatic hydroxyl groups is 1. The van der Waals surface area contributed by atoms with Gasteiger partial charge in [0.2, 0.25) is 0 Å². The van der Waals surface area contributed by atoms with Gasteiger partial charge in [0.15, 0.2) is 5.96 Å². The van der Waals surface area contributed by atoms with E-state index in [0.717, 1.165) is 19.4 Å². The molecule has 5 nitrogen and oxygen atoms in total. The smallest absolute Gasteiger partial charge is 0.188 e. The summed E-state index contributed by atoms with van der Waals surface area (Å²) in [5, 5.41) is 13.5. The molecule has 118 valence electrons. The number of nitrogens with one attached hydrogen (secondary N) is 1. The van der Waals surface area contributed by atoms with Crippen molar-refractivity contribution < 1.29 is 9.84 Å². The van der Waals surface area contributed by atoms with E-state index in [1.54, 1.807) is 18.2 Å². The quantitative estimate of drug-likeness (QED) is 0.388. The molecule has 7 heteroatoms. The minimum Gasteiger partial charge on any atom is -0.489 e. The van der Waals surface area contributed by atoms with E-state index in [0.29, 0.717) is 21.8 Å². The average molecular weight is 334 g/mol. The number of nitrogens with two attached hydrogens (primary N) is 1. The first-order chi connectivity index (χ1) is 10.0. The third-order valence-electron chi connectivity index (χ3n) is 2.66. The fourth-order valence-electron chi connectivity index (χ4n) is 1.49. The molecule has 1 unspecified atom stereocenters. The number of unbranched alkanes of at least 4 members (excludes halogenated alkanes) is 1. The summed E-state index contributed by atoms with van der Waals surface area (Å²) in [4.78, 5) is 4.04. The van der Waals surface area contributed by atoms with Gasteiger partial charge >= 0.3 is 0 Å². The molecule has 0 saturated carbocycles. The number of aliphatic hydroxyl groups excluding tert-OH is 1. The van der Waals surface area contributed by atoms with Crippen molar-refractivity contribution in [2.24, 2.45) is 10.7 Å².